The third-order valence-corrected chi connectivity index (χ3v) is 2.44. The van der Waals surface area contributed by atoms with Crippen molar-refractivity contribution in [3.05, 3.63) is 47.8 Å². The molecule has 0 amide bonds. The third kappa shape index (κ3) is 6.85. The molecule has 0 saturated carbocycles. The van der Waals surface area contributed by atoms with Crippen LogP contribution in [0.1, 0.15) is 52.7 Å². The van der Waals surface area contributed by atoms with E-state index in [0.29, 0.717) is 0 Å². The van der Waals surface area contributed by atoms with E-state index in [2.05, 4.69) is 43.1 Å². The lowest BCUT2D eigenvalue weighted by Gasteiger charge is -2.02. The SMILES string of the molecule is CC.CC.CC.Cc1ccc(-c2cc[nH]c2)cc1C. The number of benzene rings is 1. The predicted molar refractivity (Wildman–Crippen MR) is 89.7 cm³/mol. The Kier molecular flexibility index (Phi) is 13.5. The number of hydrogen-bond acceptors (Lipinski definition) is 0. The van der Waals surface area contributed by atoms with Crippen LogP contribution < -0.4 is 0 Å². The first-order chi connectivity index (χ1) is 9.27. The highest BCUT2D eigenvalue weighted by Crippen LogP contribution is 2.21. The number of hydrogen-bond donors (Lipinski definition) is 1. The number of H-pyrrole nitrogens is 1. The number of nitrogens with one attached hydrogen (secondary N) is 1. The Morgan fingerprint density at radius 2 is 1.26 bits per heavy atom. The summed E-state index contributed by atoms with van der Waals surface area (Å²) >= 11 is 0. The van der Waals surface area contributed by atoms with Gasteiger partial charge in [0.05, 0.1) is 0 Å². The summed E-state index contributed by atoms with van der Waals surface area (Å²) in [6.45, 7) is 16.3. The zero-order valence-electron chi connectivity index (χ0n) is 14.0. The van der Waals surface area contributed by atoms with E-state index in [-0.39, 0.29) is 0 Å². The van der Waals surface area contributed by atoms with Crippen molar-refractivity contribution in [3.63, 3.8) is 0 Å². The van der Waals surface area contributed by atoms with Gasteiger partial charge in [-0.25, -0.2) is 0 Å². The molecular weight excluding hydrogens is 230 g/mol. The molecule has 1 heterocycles. The number of aromatic amines is 1. The van der Waals surface area contributed by atoms with Crippen molar-refractivity contribution in [2.45, 2.75) is 55.4 Å². The van der Waals surface area contributed by atoms with E-state index >= 15 is 0 Å². The molecule has 1 N–H and O–H groups in total. The molecule has 0 aliphatic carbocycles. The van der Waals surface area contributed by atoms with Crippen molar-refractivity contribution in [2.75, 3.05) is 0 Å². The van der Waals surface area contributed by atoms with Gasteiger partial charge in [-0.05, 0) is 42.2 Å². The van der Waals surface area contributed by atoms with Crippen LogP contribution in [0.2, 0.25) is 0 Å². The maximum absolute atomic E-state index is 3.06. The van der Waals surface area contributed by atoms with Crippen LogP contribution in [-0.2, 0) is 0 Å². The topological polar surface area (TPSA) is 15.8 Å². The Morgan fingerprint density at radius 3 is 1.68 bits per heavy atom. The van der Waals surface area contributed by atoms with Crippen molar-refractivity contribution in [1.29, 1.82) is 0 Å². The molecular formula is C18H31N. The highest BCUT2D eigenvalue weighted by molar-refractivity contribution is 5.63. The van der Waals surface area contributed by atoms with Gasteiger partial charge in [0.15, 0.2) is 0 Å². The monoisotopic (exact) mass is 261 g/mol. The zero-order valence-corrected chi connectivity index (χ0v) is 14.0. The molecule has 0 atom stereocenters. The van der Waals surface area contributed by atoms with E-state index in [1.54, 1.807) is 0 Å². The molecule has 2 rings (SSSR count). The molecule has 2 aromatic rings. The van der Waals surface area contributed by atoms with E-state index in [4.69, 9.17) is 0 Å². The largest absolute Gasteiger partial charge is 0.367 e. The molecule has 1 nitrogen and oxygen atoms in total. The van der Waals surface area contributed by atoms with Gasteiger partial charge in [0, 0.05) is 12.4 Å². The van der Waals surface area contributed by atoms with Crippen LogP contribution in [0.5, 0.6) is 0 Å². The average molecular weight is 261 g/mol. The van der Waals surface area contributed by atoms with Crippen molar-refractivity contribution in [3.8, 4) is 11.1 Å². The standard InChI is InChI=1S/C12H13N.3C2H6/c1-9-3-4-11(7-10(9)2)12-5-6-13-8-12;3*1-2/h3-8,13H,1-2H3;3*1-2H3. The summed E-state index contributed by atoms with van der Waals surface area (Å²) in [6, 6.07) is 8.63. The van der Waals surface area contributed by atoms with Gasteiger partial charge in [0.1, 0.15) is 0 Å². The second-order valence-corrected chi connectivity index (χ2v) is 3.40. The van der Waals surface area contributed by atoms with Gasteiger partial charge < -0.3 is 4.98 Å². The smallest absolute Gasteiger partial charge is 0.00841 e. The van der Waals surface area contributed by atoms with Crippen LogP contribution >= 0.6 is 0 Å². The van der Waals surface area contributed by atoms with Crippen LogP contribution in [-0.4, -0.2) is 4.98 Å². The minimum atomic E-state index is 1.25. The van der Waals surface area contributed by atoms with E-state index < -0.39 is 0 Å². The second-order valence-electron chi connectivity index (χ2n) is 3.40. The molecule has 19 heavy (non-hydrogen) atoms. The molecule has 1 heteroatoms. The van der Waals surface area contributed by atoms with E-state index in [1.165, 1.54) is 22.3 Å². The molecule has 1 aromatic carbocycles. The normalized spacial score (nSPS) is 8.00. The van der Waals surface area contributed by atoms with Crippen LogP contribution in [0.25, 0.3) is 11.1 Å². The summed E-state index contributed by atoms with van der Waals surface area (Å²) in [6.07, 6.45) is 3.97. The van der Waals surface area contributed by atoms with Crippen molar-refractivity contribution in [2.24, 2.45) is 0 Å². The Morgan fingerprint density at radius 1 is 0.684 bits per heavy atom. The lowest BCUT2D eigenvalue weighted by atomic mass is 10.0. The molecule has 1 aromatic heterocycles. The maximum atomic E-state index is 3.06. The zero-order chi connectivity index (χ0) is 15.3. The fourth-order valence-electron chi connectivity index (χ4n) is 1.42. The molecule has 0 fully saturated rings. The molecule has 108 valence electrons. The maximum Gasteiger partial charge on any atom is 0.00841 e. The lowest BCUT2D eigenvalue weighted by Crippen LogP contribution is -1.81. The first-order valence-electron chi connectivity index (χ1n) is 7.48. The Hall–Kier alpha value is -1.50. The average Bonchev–Trinajstić information content (AvgIpc) is 3.03. The first-order valence-corrected chi connectivity index (χ1v) is 7.48. The van der Waals surface area contributed by atoms with Gasteiger partial charge in [-0.1, -0.05) is 59.7 Å². The fourth-order valence-corrected chi connectivity index (χ4v) is 1.42. The predicted octanol–water partition coefficient (Wildman–Crippen LogP) is 6.38. The van der Waals surface area contributed by atoms with Crippen LogP contribution in [0.15, 0.2) is 36.7 Å². The minimum Gasteiger partial charge on any atom is -0.367 e. The van der Waals surface area contributed by atoms with E-state index in [0.717, 1.165) is 0 Å². The first kappa shape index (κ1) is 19.8. The Labute approximate surface area is 120 Å². The van der Waals surface area contributed by atoms with Gasteiger partial charge in [0.2, 0.25) is 0 Å². The molecule has 0 bridgehead atoms. The van der Waals surface area contributed by atoms with E-state index in [1.807, 2.05) is 53.9 Å². The summed E-state index contributed by atoms with van der Waals surface area (Å²) in [5.74, 6) is 0. The molecule has 0 aliphatic rings. The van der Waals surface area contributed by atoms with Crippen LogP contribution in [0.3, 0.4) is 0 Å². The second kappa shape index (κ2) is 12.9. The molecule has 0 radical (unpaired) electrons. The Bertz CT molecular complexity index is 400. The van der Waals surface area contributed by atoms with Gasteiger partial charge in [-0.2, -0.15) is 0 Å². The Balaban J connectivity index is 0. The number of aromatic nitrogens is 1. The van der Waals surface area contributed by atoms with Crippen molar-refractivity contribution < 1.29 is 0 Å². The fraction of sp³-hybridized carbons (Fsp3) is 0.444. The molecule has 0 saturated heterocycles. The van der Waals surface area contributed by atoms with Crippen LogP contribution in [0, 0.1) is 13.8 Å². The third-order valence-electron chi connectivity index (χ3n) is 2.44. The van der Waals surface area contributed by atoms with Gasteiger partial charge >= 0.3 is 0 Å². The van der Waals surface area contributed by atoms with Gasteiger partial charge in [-0.3, -0.25) is 0 Å². The van der Waals surface area contributed by atoms with Gasteiger partial charge in [-0.15, -0.1) is 0 Å². The summed E-state index contributed by atoms with van der Waals surface area (Å²) < 4.78 is 0. The van der Waals surface area contributed by atoms with Gasteiger partial charge in [0.25, 0.3) is 0 Å². The summed E-state index contributed by atoms with van der Waals surface area (Å²) in [4.78, 5) is 3.06. The summed E-state index contributed by atoms with van der Waals surface area (Å²) in [5.41, 5.74) is 5.23. The summed E-state index contributed by atoms with van der Waals surface area (Å²) in [5, 5.41) is 0. The van der Waals surface area contributed by atoms with Crippen molar-refractivity contribution in [1.82, 2.24) is 4.98 Å². The highest BCUT2D eigenvalue weighted by atomic mass is 14.6. The summed E-state index contributed by atoms with van der Waals surface area (Å²) in [7, 11) is 0. The van der Waals surface area contributed by atoms with E-state index in [9.17, 15) is 0 Å². The number of aryl methyl sites for hydroxylation is 2. The molecule has 0 unspecified atom stereocenters. The van der Waals surface area contributed by atoms with Crippen LogP contribution in [0.4, 0.5) is 0 Å². The minimum absolute atomic E-state index is 1.25. The quantitative estimate of drug-likeness (QED) is 0.613. The highest BCUT2D eigenvalue weighted by Gasteiger charge is 1.98. The number of rotatable bonds is 1. The lowest BCUT2D eigenvalue weighted by molar-refractivity contribution is 1.34. The molecule has 0 aliphatic heterocycles. The molecule has 0 spiro atoms. The van der Waals surface area contributed by atoms with Crippen molar-refractivity contribution >= 4 is 0 Å².